The van der Waals surface area contributed by atoms with Crippen LogP contribution in [-0.2, 0) is 12.7 Å². The Labute approximate surface area is 208 Å². The summed E-state index contributed by atoms with van der Waals surface area (Å²) >= 11 is 0.897. The average Bonchev–Trinajstić information content (AvgIpc) is 2.82. The first-order chi connectivity index (χ1) is 17.1. The zero-order chi connectivity index (χ0) is 25.7. The molecule has 3 heterocycles. The van der Waals surface area contributed by atoms with E-state index in [1.54, 1.807) is 7.11 Å². The number of hydrogen-bond donors (Lipinski definition) is 0. The quantitative estimate of drug-likeness (QED) is 0.356. The minimum atomic E-state index is -4.80. The number of ether oxygens (including phenoxy) is 1. The van der Waals surface area contributed by atoms with Gasteiger partial charge >= 0.3 is 6.18 Å². The van der Waals surface area contributed by atoms with E-state index in [9.17, 15) is 28.1 Å². The van der Waals surface area contributed by atoms with Gasteiger partial charge in [0.2, 0.25) is 0 Å². The molecule has 1 spiro atoms. The monoisotopic (exact) mass is 520 g/mol. The minimum Gasteiger partial charge on any atom is -0.497 e. The van der Waals surface area contributed by atoms with Crippen LogP contribution in [0.4, 0.5) is 24.0 Å². The van der Waals surface area contributed by atoms with Gasteiger partial charge in [-0.1, -0.05) is 23.5 Å². The molecule has 0 N–H and O–H groups in total. The van der Waals surface area contributed by atoms with Crippen molar-refractivity contribution in [2.75, 3.05) is 38.2 Å². The van der Waals surface area contributed by atoms with E-state index in [0.29, 0.717) is 30.4 Å². The summed E-state index contributed by atoms with van der Waals surface area (Å²) in [6, 6.07) is 9.13. The number of rotatable bonds is 5. The number of halogens is 3. The number of non-ortho nitro benzene ring substituents is 1. The van der Waals surface area contributed by atoms with Crippen LogP contribution in [0.2, 0.25) is 0 Å². The van der Waals surface area contributed by atoms with Gasteiger partial charge in [-0.15, -0.1) is 0 Å². The molecule has 0 radical (unpaired) electrons. The number of alkyl halides is 3. The smallest absolute Gasteiger partial charge is 0.416 e. The highest BCUT2D eigenvalue weighted by Gasteiger charge is 2.46. The van der Waals surface area contributed by atoms with Gasteiger partial charge in [-0.3, -0.25) is 19.8 Å². The van der Waals surface area contributed by atoms with Crippen LogP contribution in [0.15, 0.2) is 41.2 Å². The summed E-state index contributed by atoms with van der Waals surface area (Å²) in [5.41, 5.74) is -1.56. The first kappa shape index (κ1) is 24.4. The van der Waals surface area contributed by atoms with Crippen LogP contribution in [0.25, 0.3) is 10.1 Å². The predicted octanol–water partition coefficient (Wildman–Crippen LogP) is 4.69. The zero-order valence-electron chi connectivity index (χ0n) is 19.4. The van der Waals surface area contributed by atoms with E-state index in [-0.39, 0.29) is 15.5 Å². The molecule has 0 saturated carbocycles. The molecule has 2 fully saturated rings. The number of methoxy groups -OCH3 is 1. The van der Waals surface area contributed by atoms with Gasteiger partial charge in [0.15, 0.2) is 5.13 Å². The van der Waals surface area contributed by atoms with Gasteiger partial charge in [0, 0.05) is 31.1 Å². The van der Waals surface area contributed by atoms with Crippen molar-refractivity contribution in [1.29, 1.82) is 0 Å². The summed E-state index contributed by atoms with van der Waals surface area (Å²) in [7, 11) is 1.64. The van der Waals surface area contributed by atoms with Crippen LogP contribution in [-0.4, -0.2) is 48.1 Å². The lowest BCUT2D eigenvalue weighted by molar-refractivity contribution is -0.383. The van der Waals surface area contributed by atoms with E-state index in [1.807, 2.05) is 17.0 Å². The van der Waals surface area contributed by atoms with Crippen LogP contribution in [0.5, 0.6) is 5.75 Å². The largest absolute Gasteiger partial charge is 0.497 e. The fourth-order valence-electron chi connectivity index (χ4n) is 4.96. The van der Waals surface area contributed by atoms with Crippen molar-refractivity contribution >= 4 is 32.2 Å². The second-order valence-corrected chi connectivity index (χ2v) is 10.4. The summed E-state index contributed by atoms with van der Waals surface area (Å²) in [6.07, 6.45) is -2.87. The molecule has 2 aliphatic heterocycles. The Hall–Kier alpha value is -3.25. The first-order valence-corrected chi connectivity index (χ1v) is 12.2. The number of nitro benzene ring substituents is 1. The third-order valence-electron chi connectivity index (χ3n) is 7.02. The van der Waals surface area contributed by atoms with Gasteiger partial charge < -0.3 is 9.64 Å². The van der Waals surface area contributed by atoms with Crippen LogP contribution >= 0.6 is 11.3 Å². The molecule has 3 aromatic rings. The van der Waals surface area contributed by atoms with E-state index in [0.717, 1.165) is 49.6 Å². The van der Waals surface area contributed by atoms with E-state index < -0.39 is 27.9 Å². The lowest BCUT2D eigenvalue weighted by atomic mass is 9.72. The van der Waals surface area contributed by atoms with E-state index >= 15 is 0 Å². The Morgan fingerprint density at radius 3 is 2.42 bits per heavy atom. The highest BCUT2D eigenvalue weighted by atomic mass is 32.1. The van der Waals surface area contributed by atoms with Crippen molar-refractivity contribution in [3.8, 4) is 5.75 Å². The summed E-state index contributed by atoms with van der Waals surface area (Å²) in [5.74, 6) is 0.821. The fourth-order valence-corrected chi connectivity index (χ4v) is 6.03. The van der Waals surface area contributed by atoms with Gasteiger partial charge in [-0.05, 0) is 49.7 Å². The molecule has 36 heavy (non-hydrogen) atoms. The van der Waals surface area contributed by atoms with Crippen LogP contribution in [0, 0.1) is 15.5 Å². The Morgan fingerprint density at radius 2 is 1.83 bits per heavy atom. The first-order valence-electron chi connectivity index (χ1n) is 11.4. The molecule has 0 amide bonds. The number of likely N-dealkylation sites (tertiary alicyclic amines) is 1. The SMILES string of the molecule is COc1ccc(CN2CCC3(CC2)CN(c2nc(=O)c4cc(C(F)(F)F)cc([N+](=O)[O-])c4s2)C3)cc1. The van der Waals surface area contributed by atoms with E-state index in [2.05, 4.69) is 22.0 Å². The number of fused-ring (bicyclic) bond motifs is 1. The van der Waals surface area contributed by atoms with E-state index in [1.165, 1.54) is 5.56 Å². The third kappa shape index (κ3) is 4.62. The maximum atomic E-state index is 13.2. The molecule has 8 nitrogen and oxygen atoms in total. The van der Waals surface area contributed by atoms with Crippen molar-refractivity contribution in [2.24, 2.45) is 5.41 Å². The van der Waals surface area contributed by atoms with Crippen molar-refractivity contribution in [3.63, 3.8) is 0 Å². The van der Waals surface area contributed by atoms with Crippen molar-refractivity contribution in [3.05, 3.63) is 68.0 Å². The van der Waals surface area contributed by atoms with Crippen molar-refractivity contribution in [2.45, 2.75) is 25.6 Å². The lowest BCUT2D eigenvalue weighted by Gasteiger charge is -2.54. The molecular weight excluding hydrogens is 497 g/mol. The Balaban J connectivity index is 1.29. The maximum Gasteiger partial charge on any atom is 0.416 e. The molecule has 5 rings (SSSR count). The van der Waals surface area contributed by atoms with Gasteiger partial charge in [-0.25, -0.2) is 0 Å². The maximum absolute atomic E-state index is 13.2. The summed E-state index contributed by atoms with van der Waals surface area (Å²) in [6.45, 7) is 4.01. The Bertz CT molecular complexity index is 1360. The third-order valence-corrected chi connectivity index (χ3v) is 8.18. The topological polar surface area (TPSA) is 88.8 Å². The predicted molar refractivity (Wildman–Crippen MR) is 130 cm³/mol. The fraction of sp³-hybridized carbons (Fsp3) is 0.417. The average molecular weight is 521 g/mol. The number of nitrogens with zero attached hydrogens (tertiary/aromatic N) is 4. The van der Waals surface area contributed by atoms with Gasteiger partial charge in [0.1, 0.15) is 10.4 Å². The molecule has 190 valence electrons. The van der Waals surface area contributed by atoms with Crippen molar-refractivity contribution in [1.82, 2.24) is 9.88 Å². The summed E-state index contributed by atoms with van der Waals surface area (Å²) in [4.78, 5) is 31.5. The summed E-state index contributed by atoms with van der Waals surface area (Å²) < 4.78 is 44.7. The molecule has 12 heteroatoms. The molecule has 0 atom stereocenters. The van der Waals surface area contributed by atoms with Crippen LogP contribution in [0.3, 0.4) is 0 Å². The second kappa shape index (κ2) is 9.00. The lowest BCUT2D eigenvalue weighted by Crippen LogP contribution is -2.60. The zero-order valence-corrected chi connectivity index (χ0v) is 20.2. The van der Waals surface area contributed by atoms with Gasteiger partial charge in [0.05, 0.1) is 23.0 Å². The molecule has 0 unspecified atom stereocenters. The molecule has 0 aliphatic carbocycles. The normalized spacial score (nSPS) is 17.8. The summed E-state index contributed by atoms with van der Waals surface area (Å²) in [5, 5.41) is 11.4. The molecule has 2 saturated heterocycles. The second-order valence-electron chi connectivity index (χ2n) is 9.41. The highest BCUT2D eigenvalue weighted by Crippen LogP contribution is 2.45. The molecule has 1 aromatic heterocycles. The Kier molecular flexibility index (Phi) is 6.11. The minimum absolute atomic E-state index is 0.0783. The number of benzene rings is 2. The van der Waals surface area contributed by atoms with Crippen LogP contribution < -0.4 is 15.2 Å². The number of hydrogen-bond acceptors (Lipinski definition) is 8. The Morgan fingerprint density at radius 1 is 1.17 bits per heavy atom. The van der Waals surface area contributed by atoms with Gasteiger partial charge in [-0.2, -0.15) is 18.2 Å². The van der Waals surface area contributed by atoms with E-state index in [4.69, 9.17) is 4.74 Å². The van der Waals surface area contributed by atoms with Gasteiger partial charge in [0.25, 0.3) is 11.2 Å². The van der Waals surface area contributed by atoms with Crippen LogP contribution in [0.1, 0.15) is 24.0 Å². The van der Waals surface area contributed by atoms with Crippen molar-refractivity contribution < 1.29 is 22.8 Å². The number of piperidine rings is 1. The molecule has 2 aliphatic rings. The molecular formula is C24H23F3N4O4S. The number of nitro groups is 1. The molecule has 0 bridgehead atoms. The highest BCUT2D eigenvalue weighted by molar-refractivity contribution is 7.22. The standard InChI is InChI=1S/C24H23F3N4O4S/c1-35-17-4-2-15(3-5-17)12-29-8-6-23(7-9-29)13-30(14-23)22-28-21(32)18-10-16(24(25,26)27)11-19(31(33)34)20(18)36-22/h2-5,10-11H,6-9,12-14H2,1H3. The number of anilines is 1. The number of aromatic nitrogens is 1. The molecule has 2 aromatic carbocycles.